The first-order valence-electron chi connectivity index (χ1n) is 7.66. The van der Waals surface area contributed by atoms with Gasteiger partial charge in [-0.15, -0.1) is 0 Å². The highest BCUT2D eigenvalue weighted by molar-refractivity contribution is 6.33. The van der Waals surface area contributed by atoms with E-state index in [1.54, 1.807) is 30.3 Å². The van der Waals surface area contributed by atoms with Crippen LogP contribution in [0.5, 0.6) is 0 Å². The molecule has 3 aromatic carbocycles. The van der Waals surface area contributed by atoms with Crippen LogP contribution in [-0.4, -0.2) is 11.8 Å². The molecule has 0 saturated heterocycles. The molecule has 5 heteroatoms. The van der Waals surface area contributed by atoms with Gasteiger partial charge in [0, 0.05) is 6.08 Å². The average Bonchev–Trinajstić information content (AvgIpc) is 2.64. The molecule has 2 N–H and O–H groups in total. The Morgan fingerprint density at radius 1 is 0.840 bits per heavy atom. The van der Waals surface area contributed by atoms with Crippen LogP contribution in [0.15, 0.2) is 72.8 Å². The molecular weight excluding hydrogens is 336 g/mol. The van der Waals surface area contributed by atoms with E-state index in [1.165, 1.54) is 6.08 Å². The monoisotopic (exact) mass is 350 g/mol. The second kappa shape index (κ2) is 7.64. The van der Waals surface area contributed by atoms with Crippen molar-refractivity contribution in [3.63, 3.8) is 0 Å². The molecule has 3 aromatic rings. The quantitative estimate of drug-likeness (QED) is 0.554. The third-order valence-corrected chi connectivity index (χ3v) is 3.98. The molecule has 3 rings (SSSR count). The number of rotatable bonds is 3. The Hall–Kier alpha value is -3.11. The number of carbonyl (C=O) groups excluding carboxylic acids is 2. The van der Waals surface area contributed by atoms with E-state index in [4.69, 9.17) is 11.6 Å². The molecule has 25 heavy (non-hydrogen) atoms. The summed E-state index contributed by atoms with van der Waals surface area (Å²) in [4.78, 5) is 23.9. The van der Waals surface area contributed by atoms with Crippen LogP contribution in [0, 0.1) is 0 Å². The number of fused-ring (bicyclic) bond motifs is 1. The predicted molar refractivity (Wildman–Crippen MR) is 100 cm³/mol. The van der Waals surface area contributed by atoms with Crippen molar-refractivity contribution in [1.29, 1.82) is 0 Å². The summed E-state index contributed by atoms with van der Waals surface area (Å²) < 4.78 is 0. The minimum atomic E-state index is -0.475. The lowest BCUT2D eigenvalue weighted by atomic mass is 10.0. The molecule has 0 aliphatic carbocycles. The number of carbonyl (C=O) groups is 2. The van der Waals surface area contributed by atoms with Gasteiger partial charge in [0.1, 0.15) is 0 Å². The molecule has 0 bridgehead atoms. The molecule has 0 radical (unpaired) electrons. The van der Waals surface area contributed by atoms with Crippen LogP contribution < -0.4 is 10.9 Å². The fourth-order valence-electron chi connectivity index (χ4n) is 2.43. The fourth-order valence-corrected chi connectivity index (χ4v) is 2.66. The molecule has 0 aromatic heterocycles. The lowest BCUT2D eigenvalue weighted by Crippen LogP contribution is -2.40. The third kappa shape index (κ3) is 4.05. The van der Waals surface area contributed by atoms with Gasteiger partial charge in [-0.2, -0.15) is 0 Å². The average molecular weight is 351 g/mol. The van der Waals surface area contributed by atoms with Crippen LogP contribution in [0.4, 0.5) is 0 Å². The maximum absolute atomic E-state index is 12.0. The van der Waals surface area contributed by atoms with Crippen molar-refractivity contribution in [3.8, 4) is 0 Å². The maximum atomic E-state index is 12.0. The molecular formula is C20H15ClN2O2. The summed E-state index contributed by atoms with van der Waals surface area (Å²) in [6, 6.07) is 20.4. The Morgan fingerprint density at radius 2 is 1.56 bits per heavy atom. The minimum Gasteiger partial charge on any atom is -0.268 e. The van der Waals surface area contributed by atoms with Gasteiger partial charge >= 0.3 is 0 Å². The summed E-state index contributed by atoms with van der Waals surface area (Å²) in [7, 11) is 0. The fraction of sp³-hybridized carbons (Fsp3) is 0. The van der Waals surface area contributed by atoms with Crippen LogP contribution in [-0.2, 0) is 4.79 Å². The summed E-state index contributed by atoms with van der Waals surface area (Å²) in [5.74, 6) is -0.911. The molecule has 0 heterocycles. The van der Waals surface area contributed by atoms with Gasteiger partial charge < -0.3 is 0 Å². The smallest absolute Gasteiger partial charge is 0.268 e. The molecule has 4 nitrogen and oxygen atoms in total. The zero-order valence-electron chi connectivity index (χ0n) is 13.2. The SMILES string of the molecule is O=C(/C=C/c1cccc2ccccc12)NNC(=O)c1ccccc1Cl. The number of benzene rings is 3. The van der Waals surface area contributed by atoms with Gasteiger partial charge in [-0.05, 0) is 34.5 Å². The van der Waals surface area contributed by atoms with E-state index in [1.807, 2.05) is 42.5 Å². The number of halogens is 1. The highest BCUT2D eigenvalue weighted by Crippen LogP contribution is 2.19. The predicted octanol–water partition coefficient (Wildman–Crippen LogP) is 3.97. The largest absolute Gasteiger partial charge is 0.271 e. The van der Waals surface area contributed by atoms with Crippen LogP contribution >= 0.6 is 11.6 Å². The van der Waals surface area contributed by atoms with Crippen LogP contribution in [0.1, 0.15) is 15.9 Å². The third-order valence-electron chi connectivity index (χ3n) is 3.66. The molecule has 0 spiro atoms. The van der Waals surface area contributed by atoms with E-state index in [-0.39, 0.29) is 0 Å². The van der Waals surface area contributed by atoms with Crippen molar-refractivity contribution in [2.24, 2.45) is 0 Å². The molecule has 0 unspecified atom stereocenters. The van der Waals surface area contributed by atoms with Crippen LogP contribution in [0.2, 0.25) is 5.02 Å². The summed E-state index contributed by atoms with van der Waals surface area (Å²) in [6.07, 6.45) is 3.08. The first kappa shape index (κ1) is 16.7. The highest BCUT2D eigenvalue weighted by Gasteiger charge is 2.09. The van der Waals surface area contributed by atoms with Gasteiger partial charge in [-0.3, -0.25) is 20.4 Å². The zero-order valence-corrected chi connectivity index (χ0v) is 14.0. The Kier molecular flexibility index (Phi) is 5.11. The van der Waals surface area contributed by atoms with Crippen molar-refractivity contribution in [2.75, 3.05) is 0 Å². The van der Waals surface area contributed by atoms with Gasteiger partial charge in [-0.25, -0.2) is 0 Å². The Bertz CT molecular complexity index is 961. The van der Waals surface area contributed by atoms with Crippen molar-refractivity contribution in [2.45, 2.75) is 0 Å². The standard InChI is InChI=1S/C20H15ClN2O2/c21-18-11-4-3-10-17(18)20(25)23-22-19(24)13-12-15-8-5-7-14-6-1-2-9-16(14)15/h1-13H,(H,22,24)(H,23,25)/b13-12+. The van der Waals surface area contributed by atoms with Crippen molar-refractivity contribution < 1.29 is 9.59 Å². The summed E-state index contributed by atoms with van der Waals surface area (Å²) in [6.45, 7) is 0. The normalized spacial score (nSPS) is 10.8. The Labute approximate surface area is 150 Å². The zero-order chi connectivity index (χ0) is 17.6. The molecule has 0 atom stereocenters. The number of hydrogen-bond donors (Lipinski definition) is 2. The topological polar surface area (TPSA) is 58.2 Å². The van der Waals surface area contributed by atoms with Crippen LogP contribution in [0.3, 0.4) is 0 Å². The summed E-state index contributed by atoms with van der Waals surface area (Å²) in [5.41, 5.74) is 5.90. The number of hydrogen-bond acceptors (Lipinski definition) is 2. The minimum absolute atomic E-state index is 0.294. The first-order valence-corrected chi connectivity index (χ1v) is 8.03. The molecule has 2 amide bonds. The molecule has 0 aliphatic rings. The lowest BCUT2D eigenvalue weighted by molar-refractivity contribution is -0.117. The summed E-state index contributed by atoms with van der Waals surface area (Å²) >= 11 is 5.94. The lowest BCUT2D eigenvalue weighted by Gasteiger charge is -2.06. The van der Waals surface area contributed by atoms with Crippen LogP contribution in [0.25, 0.3) is 16.8 Å². The Morgan fingerprint density at radius 3 is 2.40 bits per heavy atom. The van der Waals surface area contributed by atoms with Crippen molar-refractivity contribution >= 4 is 40.3 Å². The van der Waals surface area contributed by atoms with E-state index < -0.39 is 11.8 Å². The first-order chi connectivity index (χ1) is 12.1. The van der Waals surface area contributed by atoms with Crippen molar-refractivity contribution in [3.05, 3.63) is 89.0 Å². The van der Waals surface area contributed by atoms with E-state index >= 15 is 0 Å². The summed E-state index contributed by atoms with van der Waals surface area (Å²) in [5, 5.41) is 2.46. The van der Waals surface area contributed by atoms with Gasteiger partial charge in [0.2, 0.25) is 0 Å². The van der Waals surface area contributed by atoms with Gasteiger partial charge in [0.05, 0.1) is 10.6 Å². The van der Waals surface area contributed by atoms with E-state index in [2.05, 4.69) is 10.9 Å². The second-order valence-corrected chi connectivity index (χ2v) is 5.73. The molecule has 0 aliphatic heterocycles. The molecule has 0 saturated carbocycles. The van der Waals surface area contributed by atoms with E-state index in [9.17, 15) is 9.59 Å². The Balaban J connectivity index is 1.65. The number of hydrazine groups is 1. The van der Waals surface area contributed by atoms with E-state index in [0.717, 1.165) is 16.3 Å². The number of amides is 2. The van der Waals surface area contributed by atoms with Gasteiger partial charge in [0.25, 0.3) is 11.8 Å². The molecule has 0 fully saturated rings. The van der Waals surface area contributed by atoms with E-state index in [0.29, 0.717) is 10.6 Å². The van der Waals surface area contributed by atoms with Crippen molar-refractivity contribution in [1.82, 2.24) is 10.9 Å². The highest BCUT2D eigenvalue weighted by atomic mass is 35.5. The molecule has 124 valence electrons. The second-order valence-electron chi connectivity index (χ2n) is 5.32. The van der Waals surface area contributed by atoms with Gasteiger partial charge in [0.15, 0.2) is 0 Å². The van der Waals surface area contributed by atoms with Gasteiger partial charge in [-0.1, -0.05) is 66.2 Å². The maximum Gasteiger partial charge on any atom is 0.271 e. The number of nitrogens with one attached hydrogen (secondary N) is 2.